The molecule has 3 aromatic rings. The maximum absolute atomic E-state index is 12.0. The lowest BCUT2D eigenvalue weighted by Gasteiger charge is -2.24. The lowest BCUT2D eigenvalue weighted by Crippen LogP contribution is -2.23. The lowest BCUT2D eigenvalue weighted by molar-refractivity contribution is -0.115. The van der Waals surface area contributed by atoms with E-state index in [0.29, 0.717) is 24.6 Å². The summed E-state index contributed by atoms with van der Waals surface area (Å²) in [5.74, 6) is 1.29. The first kappa shape index (κ1) is 21.1. The first-order valence-electron chi connectivity index (χ1n) is 10.9. The number of aromatic nitrogens is 1. The van der Waals surface area contributed by atoms with E-state index < -0.39 is 0 Å². The Morgan fingerprint density at radius 1 is 1.16 bits per heavy atom. The fraction of sp³-hybridized carbons (Fsp3) is 0.360. The third-order valence-electron chi connectivity index (χ3n) is 5.59. The standard InChI is InChI=1S/C25H29N3O3/c1-2-24(29)28-23-16-26-22-14-20(31-17-19-6-4-3-5-7-19)8-9-21(22)25(23)27-15-18-10-12-30-13-11-18/h3-9,14,16,18H,2,10-13,15,17H2,1H3,(H,26,27)(H,28,29). The fourth-order valence-corrected chi connectivity index (χ4v) is 3.72. The maximum Gasteiger partial charge on any atom is 0.224 e. The molecular weight excluding hydrogens is 390 g/mol. The first-order chi connectivity index (χ1) is 15.2. The van der Waals surface area contributed by atoms with Gasteiger partial charge in [-0.25, -0.2) is 0 Å². The highest BCUT2D eigenvalue weighted by atomic mass is 16.5. The zero-order chi connectivity index (χ0) is 21.5. The molecule has 0 saturated carbocycles. The Morgan fingerprint density at radius 2 is 1.97 bits per heavy atom. The molecule has 1 aliphatic heterocycles. The van der Waals surface area contributed by atoms with Gasteiger partial charge in [0.2, 0.25) is 5.91 Å². The van der Waals surface area contributed by atoms with E-state index in [-0.39, 0.29) is 5.91 Å². The third-order valence-corrected chi connectivity index (χ3v) is 5.59. The Bertz CT molecular complexity index is 1020. The molecule has 31 heavy (non-hydrogen) atoms. The minimum absolute atomic E-state index is 0.0296. The molecule has 2 aromatic carbocycles. The zero-order valence-electron chi connectivity index (χ0n) is 17.9. The van der Waals surface area contributed by atoms with Crippen molar-refractivity contribution in [2.45, 2.75) is 32.8 Å². The molecule has 1 aliphatic rings. The van der Waals surface area contributed by atoms with Gasteiger partial charge in [0, 0.05) is 37.6 Å². The predicted molar refractivity (Wildman–Crippen MR) is 123 cm³/mol. The van der Waals surface area contributed by atoms with Crippen LogP contribution in [0.4, 0.5) is 11.4 Å². The van der Waals surface area contributed by atoms with Crippen LogP contribution in [0.3, 0.4) is 0 Å². The second-order valence-corrected chi connectivity index (χ2v) is 7.84. The van der Waals surface area contributed by atoms with E-state index in [1.165, 1.54) is 0 Å². The van der Waals surface area contributed by atoms with Gasteiger partial charge in [0.15, 0.2) is 0 Å². The molecule has 2 N–H and O–H groups in total. The van der Waals surface area contributed by atoms with E-state index >= 15 is 0 Å². The van der Waals surface area contributed by atoms with Crippen molar-refractivity contribution in [1.82, 2.24) is 4.98 Å². The van der Waals surface area contributed by atoms with Crippen molar-refractivity contribution >= 4 is 28.2 Å². The van der Waals surface area contributed by atoms with E-state index in [1.54, 1.807) is 6.20 Å². The summed E-state index contributed by atoms with van der Waals surface area (Å²) in [6.45, 7) is 4.81. The SMILES string of the molecule is CCC(=O)Nc1cnc2cc(OCc3ccccc3)ccc2c1NCC1CCOCC1. The molecule has 1 amide bonds. The van der Waals surface area contributed by atoms with Crippen molar-refractivity contribution in [3.63, 3.8) is 0 Å². The van der Waals surface area contributed by atoms with Crippen molar-refractivity contribution in [2.75, 3.05) is 30.4 Å². The van der Waals surface area contributed by atoms with Crippen LogP contribution in [0.15, 0.2) is 54.7 Å². The third kappa shape index (κ3) is 5.52. The van der Waals surface area contributed by atoms with Gasteiger partial charge in [-0.1, -0.05) is 37.3 Å². The van der Waals surface area contributed by atoms with E-state index in [9.17, 15) is 4.79 Å². The quantitative estimate of drug-likeness (QED) is 0.538. The Morgan fingerprint density at radius 3 is 2.74 bits per heavy atom. The van der Waals surface area contributed by atoms with Gasteiger partial charge in [-0.2, -0.15) is 0 Å². The summed E-state index contributed by atoms with van der Waals surface area (Å²) in [5.41, 5.74) is 3.57. The monoisotopic (exact) mass is 419 g/mol. The predicted octanol–water partition coefficient (Wildman–Crippen LogP) is 5.00. The van der Waals surface area contributed by atoms with Crippen LogP contribution in [-0.2, 0) is 16.1 Å². The molecule has 2 heterocycles. The van der Waals surface area contributed by atoms with Crippen LogP contribution in [0.2, 0.25) is 0 Å². The maximum atomic E-state index is 12.0. The first-order valence-corrected chi connectivity index (χ1v) is 10.9. The molecule has 1 aromatic heterocycles. The number of pyridine rings is 1. The molecular formula is C25H29N3O3. The Balaban J connectivity index is 1.57. The highest BCUT2D eigenvalue weighted by Crippen LogP contribution is 2.33. The van der Waals surface area contributed by atoms with Gasteiger partial charge >= 0.3 is 0 Å². The summed E-state index contributed by atoms with van der Waals surface area (Å²) in [6.07, 6.45) is 4.24. The molecule has 162 valence electrons. The number of hydrogen-bond acceptors (Lipinski definition) is 5. The number of amides is 1. The van der Waals surface area contributed by atoms with Crippen molar-refractivity contribution in [2.24, 2.45) is 5.92 Å². The molecule has 4 rings (SSSR count). The van der Waals surface area contributed by atoms with Crippen LogP contribution in [0.1, 0.15) is 31.7 Å². The van der Waals surface area contributed by atoms with Gasteiger partial charge in [-0.3, -0.25) is 9.78 Å². The number of hydrogen-bond donors (Lipinski definition) is 2. The number of carbonyl (C=O) groups is 1. The lowest BCUT2D eigenvalue weighted by atomic mass is 10.00. The Kier molecular flexibility index (Phi) is 6.99. The smallest absolute Gasteiger partial charge is 0.224 e. The number of benzene rings is 2. The number of nitrogens with zero attached hydrogens (tertiary/aromatic N) is 1. The molecule has 0 aliphatic carbocycles. The van der Waals surface area contributed by atoms with Crippen molar-refractivity contribution < 1.29 is 14.3 Å². The number of fused-ring (bicyclic) bond motifs is 1. The van der Waals surface area contributed by atoms with Gasteiger partial charge in [0.05, 0.1) is 23.1 Å². The molecule has 0 unspecified atom stereocenters. The number of nitrogens with one attached hydrogen (secondary N) is 2. The summed E-state index contributed by atoms with van der Waals surface area (Å²) < 4.78 is 11.4. The number of anilines is 2. The van der Waals surface area contributed by atoms with E-state index in [0.717, 1.165) is 60.5 Å². The average molecular weight is 420 g/mol. The van der Waals surface area contributed by atoms with Gasteiger partial charge in [0.1, 0.15) is 12.4 Å². The Hall–Kier alpha value is -3.12. The van der Waals surface area contributed by atoms with Gasteiger partial charge in [0.25, 0.3) is 0 Å². The number of rotatable bonds is 8. The van der Waals surface area contributed by atoms with Gasteiger partial charge in [-0.05, 0) is 36.5 Å². The summed E-state index contributed by atoms with van der Waals surface area (Å²) in [5, 5.41) is 7.53. The average Bonchev–Trinajstić information content (AvgIpc) is 2.83. The summed E-state index contributed by atoms with van der Waals surface area (Å²) >= 11 is 0. The minimum Gasteiger partial charge on any atom is -0.489 e. The number of carbonyl (C=O) groups excluding carboxylic acids is 1. The van der Waals surface area contributed by atoms with Crippen molar-refractivity contribution in [3.05, 3.63) is 60.3 Å². The van der Waals surface area contributed by atoms with Crippen LogP contribution in [-0.4, -0.2) is 30.6 Å². The van der Waals surface area contributed by atoms with Gasteiger partial charge in [-0.15, -0.1) is 0 Å². The summed E-state index contributed by atoms with van der Waals surface area (Å²) in [6, 6.07) is 16.0. The second kappa shape index (κ2) is 10.3. The second-order valence-electron chi connectivity index (χ2n) is 7.84. The minimum atomic E-state index is -0.0296. The summed E-state index contributed by atoms with van der Waals surface area (Å²) in [4.78, 5) is 16.6. The van der Waals surface area contributed by atoms with E-state index in [2.05, 4.69) is 15.6 Å². The highest BCUT2D eigenvalue weighted by molar-refractivity contribution is 6.03. The highest BCUT2D eigenvalue weighted by Gasteiger charge is 2.17. The van der Waals surface area contributed by atoms with Crippen molar-refractivity contribution in [3.8, 4) is 5.75 Å². The Labute approximate surface area is 183 Å². The molecule has 0 bridgehead atoms. The zero-order valence-corrected chi connectivity index (χ0v) is 17.9. The van der Waals surface area contributed by atoms with E-state index in [4.69, 9.17) is 9.47 Å². The van der Waals surface area contributed by atoms with Gasteiger partial charge < -0.3 is 20.1 Å². The van der Waals surface area contributed by atoms with Crippen molar-refractivity contribution in [1.29, 1.82) is 0 Å². The van der Waals surface area contributed by atoms with Crippen LogP contribution in [0.5, 0.6) is 5.75 Å². The largest absolute Gasteiger partial charge is 0.489 e. The topological polar surface area (TPSA) is 72.5 Å². The molecule has 1 saturated heterocycles. The molecule has 6 heteroatoms. The van der Waals surface area contributed by atoms with E-state index in [1.807, 2.05) is 55.5 Å². The molecule has 0 radical (unpaired) electrons. The number of ether oxygens (including phenoxy) is 2. The van der Waals surface area contributed by atoms with Crippen LogP contribution < -0.4 is 15.4 Å². The fourth-order valence-electron chi connectivity index (χ4n) is 3.72. The van der Waals surface area contributed by atoms with Crippen LogP contribution >= 0.6 is 0 Å². The normalized spacial score (nSPS) is 14.4. The van der Waals surface area contributed by atoms with Crippen LogP contribution in [0.25, 0.3) is 10.9 Å². The molecule has 1 fully saturated rings. The molecule has 6 nitrogen and oxygen atoms in total. The molecule has 0 atom stereocenters. The molecule has 0 spiro atoms. The van der Waals surface area contributed by atoms with Crippen LogP contribution in [0, 0.1) is 5.92 Å². The summed E-state index contributed by atoms with van der Waals surface area (Å²) in [7, 11) is 0.